The van der Waals surface area contributed by atoms with Gasteiger partial charge in [0.05, 0.1) is 33.4 Å². The van der Waals surface area contributed by atoms with Gasteiger partial charge < -0.3 is 10.1 Å². The predicted octanol–water partition coefficient (Wildman–Crippen LogP) is 3.45. The lowest BCUT2D eigenvalue weighted by Crippen LogP contribution is -2.04. The number of hydrogen-bond acceptors (Lipinski definition) is 3. The van der Waals surface area contributed by atoms with Gasteiger partial charge in [-0.25, -0.2) is 0 Å². The van der Waals surface area contributed by atoms with Gasteiger partial charge in [0.15, 0.2) is 0 Å². The zero-order valence-electron chi connectivity index (χ0n) is 9.43. The van der Waals surface area contributed by atoms with Gasteiger partial charge in [0.25, 0.3) is 0 Å². The molecule has 0 aliphatic heterocycles. The summed E-state index contributed by atoms with van der Waals surface area (Å²) in [6, 6.07) is 6.68. The van der Waals surface area contributed by atoms with Gasteiger partial charge in [-0.1, -0.05) is 35.3 Å². The van der Waals surface area contributed by atoms with Crippen molar-refractivity contribution < 1.29 is 4.92 Å². The molecule has 1 aromatic heterocycles. The molecular formula is C11H9Cl2N3O2. The molecule has 0 N–H and O–H groups in total. The van der Waals surface area contributed by atoms with Gasteiger partial charge in [-0.2, -0.15) is 4.68 Å². The summed E-state index contributed by atoms with van der Waals surface area (Å²) >= 11 is 12.0. The van der Waals surface area contributed by atoms with E-state index in [4.69, 9.17) is 23.2 Å². The molecule has 5 nitrogen and oxygen atoms in total. The van der Waals surface area contributed by atoms with Gasteiger partial charge in [0.1, 0.15) is 0 Å². The van der Waals surface area contributed by atoms with Crippen LogP contribution in [0.5, 0.6) is 0 Å². The van der Waals surface area contributed by atoms with Crippen molar-refractivity contribution >= 4 is 29.0 Å². The largest absolute Gasteiger partial charge is 0.390 e. The Hall–Kier alpha value is -1.59. The van der Waals surface area contributed by atoms with Crippen molar-refractivity contribution in [3.63, 3.8) is 0 Å². The molecule has 0 radical (unpaired) electrons. The molecule has 0 bridgehead atoms. The van der Waals surface area contributed by atoms with Crippen molar-refractivity contribution in [2.75, 3.05) is 0 Å². The Labute approximate surface area is 113 Å². The molecule has 0 fully saturated rings. The maximum atomic E-state index is 10.6. The lowest BCUT2D eigenvalue weighted by molar-refractivity contribution is -0.389. The van der Waals surface area contributed by atoms with Crippen LogP contribution in [0, 0.1) is 17.0 Å². The normalized spacial score (nSPS) is 10.6. The van der Waals surface area contributed by atoms with Crippen molar-refractivity contribution in [3.05, 3.63) is 55.7 Å². The number of nitrogens with zero attached hydrogens (tertiary/aromatic N) is 3. The van der Waals surface area contributed by atoms with Crippen molar-refractivity contribution in [1.82, 2.24) is 9.78 Å². The Bertz CT molecular complexity index is 610. The second-order valence-corrected chi connectivity index (χ2v) is 4.56. The number of nitro groups is 1. The number of aryl methyl sites for hydroxylation is 1. The third kappa shape index (κ3) is 2.47. The van der Waals surface area contributed by atoms with Gasteiger partial charge in [-0.15, -0.1) is 0 Å². The minimum Gasteiger partial charge on any atom is -0.358 e. The lowest BCUT2D eigenvalue weighted by Gasteiger charge is -2.04. The summed E-state index contributed by atoms with van der Waals surface area (Å²) in [5, 5.41) is 15.4. The first-order chi connectivity index (χ1) is 8.49. The maximum absolute atomic E-state index is 10.6. The number of benzene rings is 1. The fourth-order valence-corrected chi connectivity index (χ4v) is 1.95. The average Bonchev–Trinajstić information content (AvgIpc) is 2.67. The second-order valence-electron chi connectivity index (χ2n) is 3.77. The standard InChI is InChI=1S/C11H9Cl2N3O2/c1-7-5-10(16(17)18)14-15(7)6-8-3-2-4-9(12)11(8)13/h2-5H,6H2,1H3. The average molecular weight is 286 g/mol. The van der Waals surface area contributed by atoms with Gasteiger partial charge in [-0.3, -0.25) is 0 Å². The van der Waals surface area contributed by atoms with E-state index in [1.165, 1.54) is 10.7 Å². The molecule has 1 heterocycles. The van der Waals surface area contributed by atoms with E-state index in [9.17, 15) is 10.1 Å². The molecule has 2 rings (SSSR count). The van der Waals surface area contributed by atoms with E-state index in [1.54, 1.807) is 25.1 Å². The molecule has 94 valence electrons. The highest BCUT2D eigenvalue weighted by Crippen LogP contribution is 2.26. The number of hydrogen-bond donors (Lipinski definition) is 0. The third-order valence-corrected chi connectivity index (χ3v) is 3.37. The first-order valence-corrected chi connectivity index (χ1v) is 5.86. The highest BCUT2D eigenvalue weighted by atomic mass is 35.5. The molecule has 0 aliphatic rings. The quantitative estimate of drug-likeness (QED) is 0.641. The molecule has 2 aromatic rings. The van der Waals surface area contributed by atoms with Crippen LogP contribution in [0.15, 0.2) is 24.3 Å². The highest BCUT2D eigenvalue weighted by molar-refractivity contribution is 6.42. The van der Waals surface area contributed by atoms with Crippen LogP contribution in [0.2, 0.25) is 10.0 Å². The van der Waals surface area contributed by atoms with Crippen molar-refractivity contribution in [2.24, 2.45) is 0 Å². The van der Waals surface area contributed by atoms with E-state index >= 15 is 0 Å². The molecule has 0 spiro atoms. The summed E-state index contributed by atoms with van der Waals surface area (Å²) in [4.78, 5) is 10.1. The summed E-state index contributed by atoms with van der Waals surface area (Å²) in [5.74, 6) is -0.175. The van der Waals surface area contributed by atoms with Crippen LogP contribution in [0.1, 0.15) is 11.3 Å². The summed E-state index contributed by atoms with van der Waals surface area (Å²) < 4.78 is 1.52. The Balaban J connectivity index is 2.34. The molecule has 1 aromatic carbocycles. The highest BCUT2D eigenvalue weighted by Gasteiger charge is 2.16. The van der Waals surface area contributed by atoms with Gasteiger partial charge in [0.2, 0.25) is 0 Å². The number of halogens is 2. The first-order valence-electron chi connectivity index (χ1n) is 5.11. The molecule has 0 atom stereocenters. The van der Waals surface area contributed by atoms with Crippen molar-refractivity contribution in [2.45, 2.75) is 13.5 Å². The molecule has 7 heteroatoms. The maximum Gasteiger partial charge on any atom is 0.390 e. The summed E-state index contributed by atoms with van der Waals surface area (Å²) in [6.45, 7) is 2.09. The van der Waals surface area contributed by atoms with E-state index in [0.29, 0.717) is 22.3 Å². The molecule has 18 heavy (non-hydrogen) atoms. The summed E-state index contributed by atoms with van der Waals surface area (Å²) in [7, 11) is 0. The van der Waals surface area contributed by atoms with Crippen LogP contribution in [0.4, 0.5) is 5.82 Å². The smallest absolute Gasteiger partial charge is 0.358 e. The zero-order chi connectivity index (χ0) is 13.3. The fraction of sp³-hybridized carbons (Fsp3) is 0.182. The Kier molecular flexibility index (Phi) is 3.54. The molecule has 0 saturated heterocycles. The Morgan fingerprint density at radius 3 is 2.78 bits per heavy atom. The van der Waals surface area contributed by atoms with Crippen molar-refractivity contribution in [3.8, 4) is 0 Å². The first kappa shape index (κ1) is 12.9. The lowest BCUT2D eigenvalue weighted by atomic mass is 10.2. The van der Waals surface area contributed by atoms with E-state index in [0.717, 1.165) is 5.56 Å². The number of aromatic nitrogens is 2. The van der Waals surface area contributed by atoms with E-state index in [1.807, 2.05) is 0 Å². The van der Waals surface area contributed by atoms with E-state index in [2.05, 4.69) is 5.10 Å². The molecule has 0 aliphatic carbocycles. The van der Waals surface area contributed by atoms with Crippen LogP contribution in [-0.4, -0.2) is 14.7 Å². The monoisotopic (exact) mass is 285 g/mol. The molecular weight excluding hydrogens is 277 g/mol. The van der Waals surface area contributed by atoms with E-state index < -0.39 is 4.92 Å². The Morgan fingerprint density at radius 2 is 2.17 bits per heavy atom. The van der Waals surface area contributed by atoms with Gasteiger partial charge >= 0.3 is 5.82 Å². The predicted molar refractivity (Wildman–Crippen MR) is 69.2 cm³/mol. The summed E-state index contributed by atoms with van der Waals surface area (Å²) in [6.07, 6.45) is 0. The Morgan fingerprint density at radius 1 is 1.44 bits per heavy atom. The van der Waals surface area contributed by atoms with Gasteiger partial charge in [0, 0.05) is 0 Å². The minimum absolute atomic E-state index is 0.175. The van der Waals surface area contributed by atoms with Crippen LogP contribution in [0.3, 0.4) is 0 Å². The molecule has 0 unspecified atom stereocenters. The molecule has 0 amide bonds. The molecule has 0 saturated carbocycles. The zero-order valence-corrected chi connectivity index (χ0v) is 10.9. The van der Waals surface area contributed by atoms with Crippen LogP contribution < -0.4 is 0 Å². The third-order valence-electron chi connectivity index (χ3n) is 2.51. The van der Waals surface area contributed by atoms with E-state index in [-0.39, 0.29) is 5.82 Å². The van der Waals surface area contributed by atoms with Crippen molar-refractivity contribution in [1.29, 1.82) is 0 Å². The van der Waals surface area contributed by atoms with Crippen LogP contribution >= 0.6 is 23.2 Å². The van der Waals surface area contributed by atoms with Crippen LogP contribution in [0.25, 0.3) is 0 Å². The summed E-state index contributed by atoms with van der Waals surface area (Å²) in [5.41, 5.74) is 1.46. The number of rotatable bonds is 3. The minimum atomic E-state index is -0.525. The topological polar surface area (TPSA) is 61.0 Å². The van der Waals surface area contributed by atoms with Crippen LogP contribution in [-0.2, 0) is 6.54 Å². The fourth-order valence-electron chi connectivity index (χ4n) is 1.57. The van der Waals surface area contributed by atoms with Gasteiger partial charge in [-0.05, 0) is 23.5 Å². The SMILES string of the molecule is Cc1cc([N+](=O)[O-])nn1Cc1cccc(Cl)c1Cl. The second kappa shape index (κ2) is 4.96.